The van der Waals surface area contributed by atoms with Crippen LogP contribution in [0.3, 0.4) is 0 Å². The van der Waals surface area contributed by atoms with Crippen LogP contribution in [-0.4, -0.2) is 56.6 Å². The average molecular weight is 308 g/mol. The summed E-state index contributed by atoms with van der Waals surface area (Å²) in [5.74, 6) is 1.40. The molecule has 1 aromatic heterocycles. The zero-order chi connectivity index (χ0) is 15.8. The lowest BCUT2D eigenvalue weighted by molar-refractivity contribution is -0.125. The van der Waals surface area contributed by atoms with E-state index in [9.17, 15) is 4.79 Å². The SMILES string of the molecule is COCCCNC(=O)[C@@H]1CCCN(c2ccc(OC)nn2)C1. The Hall–Kier alpha value is -1.89. The van der Waals surface area contributed by atoms with Gasteiger partial charge in [-0.05, 0) is 25.3 Å². The first-order chi connectivity index (χ1) is 10.7. The molecule has 22 heavy (non-hydrogen) atoms. The Morgan fingerprint density at radius 2 is 2.27 bits per heavy atom. The summed E-state index contributed by atoms with van der Waals surface area (Å²) >= 11 is 0. The fourth-order valence-corrected chi connectivity index (χ4v) is 2.56. The molecule has 0 aromatic carbocycles. The molecule has 1 aromatic rings. The molecule has 7 heteroatoms. The van der Waals surface area contributed by atoms with Crippen molar-refractivity contribution in [3.8, 4) is 5.88 Å². The van der Waals surface area contributed by atoms with E-state index in [0.717, 1.165) is 31.6 Å². The number of amides is 1. The zero-order valence-corrected chi connectivity index (χ0v) is 13.2. The molecule has 0 spiro atoms. The quantitative estimate of drug-likeness (QED) is 0.753. The molecular weight excluding hydrogens is 284 g/mol. The number of ether oxygens (including phenoxy) is 2. The highest BCUT2D eigenvalue weighted by Crippen LogP contribution is 2.22. The monoisotopic (exact) mass is 308 g/mol. The third kappa shape index (κ3) is 4.56. The summed E-state index contributed by atoms with van der Waals surface area (Å²) in [7, 11) is 3.23. The smallest absolute Gasteiger partial charge is 0.233 e. The Balaban J connectivity index is 1.86. The van der Waals surface area contributed by atoms with Gasteiger partial charge in [0, 0.05) is 39.4 Å². The maximum atomic E-state index is 12.2. The van der Waals surface area contributed by atoms with E-state index < -0.39 is 0 Å². The highest BCUT2D eigenvalue weighted by molar-refractivity contribution is 5.79. The number of anilines is 1. The number of hydrogen-bond donors (Lipinski definition) is 1. The predicted octanol–water partition coefficient (Wildman–Crippen LogP) is 0.854. The number of nitrogens with one attached hydrogen (secondary N) is 1. The first-order valence-corrected chi connectivity index (χ1v) is 7.64. The lowest BCUT2D eigenvalue weighted by Crippen LogP contribution is -2.43. The number of carbonyl (C=O) groups excluding carboxylic acids is 1. The number of rotatable bonds is 7. The van der Waals surface area contributed by atoms with E-state index >= 15 is 0 Å². The summed E-state index contributed by atoms with van der Waals surface area (Å²) in [4.78, 5) is 14.3. The predicted molar refractivity (Wildman–Crippen MR) is 83.0 cm³/mol. The number of carbonyl (C=O) groups is 1. The number of hydrogen-bond acceptors (Lipinski definition) is 6. The highest BCUT2D eigenvalue weighted by Gasteiger charge is 2.26. The van der Waals surface area contributed by atoms with E-state index in [1.807, 2.05) is 6.07 Å². The van der Waals surface area contributed by atoms with Gasteiger partial charge >= 0.3 is 0 Å². The van der Waals surface area contributed by atoms with Crippen molar-refractivity contribution in [1.29, 1.82) is 0 Å². The maximum absolute atomic E-state index is 12.2. The Kier molecular flexibility index (Phi) is 6.39. The van der Waals surface area contributed by atoms with Gasteiger partial charge in [-0.2, -0.15) is 0 Å². The van der Waals surface area contributed by atoms with E-state index in [0.29, 0.717) is 25.6 Å². The Morgan fingerprint density at radius 3 is 2.95 bits per heavy atom. The van der Waals surface area contributed by atoms with Gasteiger partial charge in [-0.3, -0.25) is 4.79 Å². The molecule has 0 aliphatic carbocycles. The lowest BCUT2D eigenvalue weighted by Gasteiger charge is -2.32. The molecule has 1 atom stereocenters. The maximum Gasteiger partial charge on any atom is 0.233 e. The van der Waals surface area contributed by atoms with Crippen molar-refractivity contribution in [3.63, 3.8) is 0 Å². The molecule has 122 valence electrons. The van der Waals surface area contributed by atoms with Crippen LogP contribution in [0.25, 0.3) is 0 Å². The van der Waals surface area contributed by atoms with E-state index in [1.54, 1.807) is 20.3 Å². The van der Waals surface area contributed by atoms with Crippen LogP contribution >= 0.6 is 0 Å². The molecule has 2 rings (SSSR count). The zero-order valence-electron chi connectivity index (χ0n) is 13.2. The first-order valence-electron chi connectivity index (χ1n) is 7.64. The van der Waals surface area contributed by atoms with Crippen molar-refractivity contribution in [1.82, 2.24) is 15.5 Å². The topological polar surface area (TPSA) is 76.6 Å². The van der Waals surface area contributed by atoms with Gasteiger partial charge < -0.3 is 19.7 Å². The van der Waals surface area contributed by atoms with Gasteiger partial charge in [-0.1, -0.05) is 0 Å². The van der Waals surface area contributed by atoms with Crippen LogP contribution in [0, 0.1) is 5.92 Å². The summed E-state index contributed by atoms with van der Waals surface area (Å²) in [6.07, 6.45) is 2.72. The molecule has 1 saturated heterocycles. The largest absolute Gasteiger partial charge is 0.480 e. The fraction of sp³-hybridized carbons (Fsp3) is 0.667. The minimum absolute atomic E-state index is 0.000182. The first kappa shape index (κ1) is 16.5. The Labute approximate surface area is 131 Å². The van der Waals surface area contributed by atoms with Gasteiger partial charge in [0.25, 0.3) is 0 Å². The van der Waals surface area contributed by atoms with Gasteiger partial charge in [0.05, 0.1) is 13.0 Å². The number of nitrogens with zero attached hydrogens (tertiary/aromatic N) is 3. The second-order valence-electron chi connectivity index (χ2n) is 5.36. The molecule has 1 fully saturated rings. The van der Waals surface area contributed by atoms with E-state index in [-0.39, 0.29) is 11.8 Å². The highest BCUT2D eigenvalue weighted by atomic mass is 16.5. The van der Waals surface area contributed by atoms with Gasteiger partial charge in [0.1, 0.15) is 0 Å². The molecule has 0 radical (unpaired) electrons. The van der Waals surface area contributed by atoms with Crippen LogP contribution in [0.4, 0.5) is 5.82 Å². The molecule has 0 unspecified atom stereocenters. The van der Waals surface area contributed by atoms with Crippen LogP contribution in [-0.2, 0) is 9.53 Å². The molecule has 1 aliphatic rings. The van der Waals surface area contributed by atoms with Crippen molar-refractivity contribution < 1.29 is 14.3 Å². The van der Waals surface area contributed by atoms with E-state index in [2.05, 4.69) is 20.4 Å². The van der Waals surface area contributed by atoms with Crippen molar-refractivity contribution >= 4 is 11.7 Å². The second-order valence-corrected chi connectivity index (χ2v) is 5.36. The standard InChI is InChI=1S/C15H24N4O3/c1-21-10-4-8-16-15(20)12-5-3-9-19(11-12)13-6-7-14(22-2)18-17-13/h6-7,12H,3-5,8-11H2,1-2H3,(H,16,20)/t12-/m1/s1. The van der Waals surface area contributed by atoms with Gasteiger partial charge in [-0.25, -0.2) is 0 Å². The minimum Gasteiger partial charge on any atom is -0.480 e. The van der Waals surface area contributed by atoms with Crippen molar-refractivity contribution in [2.24, 2.45) is 5.92 Å². The van der Waals surface area contributed by atoms with Crippen molar-refractivity contribution in [3.05, 3.63) is 12.1 Å². The normalized spacial score (nSPS) is 18.1. The molecule has 1 aliphatic heterocycles. The van der Waals surface area contributed by atoms with Crippen LogP contribution in [0.5, 0.6) is 5.88 Å². The molecule has 0 saturated carbocycles. The summed E-state index contributed by atoms with van der Waals surface area (Å²) in [5, 5.41) is 11.1. The van der Waals surface area contributed by atoms with E-state index in [1.165, 1.54) is 0 Å². The Bertz CT molecular complexity index is 466. The summed E-state index contributed by atoms with van der Waals surface area (Å²) in [5.41, 5.74) is 0. The van der Waals surface area contributed by atoms with Gasteiger partial charge in [-0.15, -0.1) is 10.2 Å². The third-order valence-electron chi connectivity index (χ3n) is 3.78. The average Bonchev–Trinajstić information content (AvgIpc) is 2.59. The van der Waals surface area contributed by atoms with Crippen LogP contribution in [0.15, 0.2) is 12.1 Å². The fourth-order valence-electron chi connectivity index (χ4n) is 2.56. The molecule has 2 heterocycles. The van der Waals surface area contributed by atoms with Crippen LogP contribution in [0.2, 0.25) is 0 Å². The second kappa shape index (κ2) is 8.53. The minimum atomic E-state index is 0.000182. The number of methoxy groups -OCH3 is 2. The number of piperidine rings is 1. The third-order valence-corrected chi connectivity index (χ3v) is 3.78. The summed E-state index contributed by atoms with van der Waals surface area (Å²) in [6.45, 7) is 2.90. The van der Waals surface area contributed by atoms with Crippen molar-refractivity contribution in [2.75, 3.05) is 45.4 Å². The van der Waals surface area contributed by atoms with Gasteiger partial charge in [0.15, 0.2) is 5.82 Å². The molecule has 0 bridgehead atoms. The number of aromatic nitrogens is 2. The Morgan fingerprint density at radius 1 is 1.41 bits per heavy atom. The molecule has 1 N–H and O–H groups in total. The van der Waals surface area contributed by atoms with Crippen molar-refractivity contribution in [2.45, 2.75) is 19.3 Å². The molecule has 1 amide bonds. The lowest BCUT2D eigenvalue weighted by atomic mass is 9.97. The van der Waals surface area contributed by atoms with Gasteiger partial charge in [0.2, 0.25) is 11.8 Å². The van der Waals surface area contributed by atoms with Crippen LogP contribution in [0.1, 0.15) is 19.3 Å². The van der Waals surface area contributed by atoms with Crippen LogP contribution < -0.4 is 15.0 Å². The molecule has 7 nitrogen and oxygen atoms in total. The van der Waals surface area contributed by atoms with E-state index in [4.69, 9.17) is 9.47 Å². The summed E-state index contributed by atoms with van der Waals surface area (Å²) < 4.78 is 9.99. The molecular formula is C15H24N4O3. The summed E-state index contributed by atoms with van der Waals surface area (Å²) in [6, 6.07) is 3.67.